The molecule has 6 nitrogen and oxygen atoms in total. The van der Waals surface area contributed by atoms with E-state index in [0.717, 1.165) is 0 Å². The van der Waals surface area contributed by atoms with Crippen molar-refractivity contribution in [2.75, 3.05) is 13.7 Å². The van der Waals surface area contributed by atoms with Gasteiger partial charge in [0, 0.05) is 25.0 Å². The first-order chi connectivity index (χ1) is 9.70. The maximum atomic E-state index is 11.9. The fourth-order valence-corrected chi connectivity index (χ4v) is 1.68. The van der Waals surface area contributed by atoms with Crippen molar-refractivity contribution in [2.24, 2.45) is 0 Å². The second kappa shape index (κ2) is 6.51. The van der Waals surface area contributed by atoms with E-state index in [1.54, 1.807) is 41.3 Å². The summed E-state index contributed by atoms with van der Waals surface area (Å²) in [5.41, 5.74) is 0.778. The summed E-state index contributed by atoms with van der Waals surface area (Å²) in [5.74, 6) is -0.695. The Morgan fingerprint density at radius 3 is 2.80 bits per heavy atom. The molecule has 0 atom stereocenters. The number of carbonyl (C=O) groups excluding carboxylic acids is 2. The number of hydrogen-bond acceptors (Lipinski definition) is 4. The van der Waals surface area contributed by atoms with Gasteiger partial charge in [-0.25, -0.2) is 4.79 Å². The van der Waals surface area contributed by atoms with E-state index in [1.165, 1.54) is 13.1 Å². The molecular weight excluding hydrogens is 258 g/mol. The molecule has 1 aromatic heterocycles. The van der Waals surface area contributed by atoms with Crippen LogP contribution in [0.15, 0.2) is 42.7 Å². The molecule has 0 saturated carbocycles. The van der Waals surface area contributed by atoms with Gasteiger partial charge in [0.15, 0.2) is 0 Å². The molecular formula is C14H15N3O3. The van der Waals surface area contributed by atoms with E-state index in [9.17, 15) is 9.59 Å². The summed E-state index contributed by atoms with van der Waals surface area (Å²) in [7, 11) is 1.54. The van der Waals surface area contributed by atoms with Crippen molar-refractivity contribution < 1.29 is 14.3 Å². The first-order valence-corrected chi connectivity index (χ1v) is 6.17. The van der Waals surface area contributed by atoms with Gasteiger partial charge in [0.2, 0.25) is 0 Å². The lowest BCUT2D eigenvalue weighted by molar-refractivity contribution is 0.0487. The minimum absolute atomic E-state index is 0.227. The van der Waals surface area contributed by atoms with Crippen LogP contribution in [0.3, 0.4) is 0 Å². The number of amides is 1. The fraction of sp³-hybridized carbons (Fsp3) is 0.214. The molecule has 0 saturated heterocycles. The SMILES string of the molecule is CNC(=O)c1cccc(C(=O)OCCn2cccn2)c1. The average Bonchev–Trinajstić information content (AvgIpc) is 2.99. The second-order valence-electron chi connectivity index (χ2n) is 4.06. The van der Waals surface area contributed by atoms with Crippen molar-refractivity contribution in [3.05, 3.63) is 53.9 Å². The summed E-state index contributed by atoms with van der Waals surface area (Å²) in [6.07, 6.45) is 3.45. The largest absolute Gasteiger partial charge is 0.460 e. The normalized spacial score (nSPS) is 10.1. The number of aromatic nitrogens is 2. The predicted molar refractivity (Wildman–Crippen MR) is 72.3 cm³/mol. The van der Waals surface area contributed by atoms with E-state index in [4.69, 9.17) is 4.74 Å². The van der Waals surface area contributed by atoms with Gasteiger partial charge in [-0.15, -0.1) is 0 Å². The zero-order valence-corrected chi connectivity index (χ0v) is 11.1. The summed E-state index contributed by atoms with van der Waals surface area (Å²) in [4.78, 5) is 23.3. The number of benzene rings is 1. The first-order valence-electron chi connectivity index (χ1n) is 6.17. The lowest BCUT2D eigenvalue weighted by Crippen LogP contribution is -2.18. The average molecular weight is 273 g/mol. The van der Waals surface area contributed by atoms with E-state index in [1.807, 2.05) is 0 Å². The van der Waals surface area contributed by atoms with E-state index < -0.39 is 5.97 Å². The van der Waals surface area contributed by atoms with Crippen LogP contribution >= 0.6 is 0 Å². The third-order valence-electron chi connectivity index (χ3n) is 2.70. The highest BCUT2D eigenvalue weighted by Gasteiger charge is 2.10. The van der Waals surface area contributed by atoms with E-state index >= 15 is 0 Å². The van der Waals surface area contributed by atoms with Crippen molar-refractivity contribution in [1.29, 1.82) is 0 Å². The minimum atomic E-state index is -0.456. The smallest absolute Gasteiger partial charge is 0.338 e. The molecule has 2 aromatic rings. The van der Waals surface area contributed by atoms with Crippen molar-refractivity contribution in [3.8, 4) is 0 Å². The van der Waals surface area contributed by atoms with E-state index in [0.29, 0.717) is 17.7 Å². The minimum Gasteiger partial charge on any atom is -0.460 e. The molecule has 2 rings (SSSR count). The lowest BCUT2D eigenvalue weighted by Gasteiger charge is -2.06. The first kappa shape index (κ1) is 13.8. The zero-order chi connectivity index (χ0) is 14.4. The molecule has 1 aromatic carbocycles. The number of hydrogen-bond donors (Lipinski definition) is 1. The zero-order valence-electron chi connectivity index (χ0n) is 11.1. The van der Waals surface area contributed by atoms with Gasteiger partial charge >= 0.3 is 5.97 Å². The summed E-state index contributed by atoms with van der Waals surface area (Å²) in [6, 6.07) is 8.21. The summed E-state index contributed by atoms with van der Waals surface area (Å²) in [5, 5.41) is 6.51. The maximum absolute atomic E-state index is 11.9. The van der Waals surface area contributed by atoms with Crippen LogP contribution in [0.5, 0.6) is 0 Å². The Labute approximate surface area is 116 Å². The van der Waals surface area contributed by atoms with E-state index in [2.05, 4.69) is 10.4 Å². The summed E-state index contributed by atoms with van der Waals surface area (Å²) < 4.78 is 6.81. The molecule has 1 heterocycles. The molecule has 6 heteroatoms. The fourth-order valence-electron chi connectivity index (χ4n) is 1.68. The number of nitrogens with zero attached hydrogens (tertiary/aromatic N) is 2. The van der Waals surface area contributed by atoms with Gasteiger partial charge < -0.3 is 10.1 Å². The van der Waals surface area contributed by atoms with Crippen LogP contribution in [0.2, 0.25) is 0 Å². The van der Waals surface area contributed by atoms with Crippen LogP contribution < -0.4 is 5.32 Å². The van der Waals surface area contributed by atoms with Crippen molar-refractivity contribution in [2.45, 2.75) is 6.54 Å². The van der Waals surface area contributed by atoms with Crippen LogP contribution in [-0.4, -0.2) is 35.3 Å². The molecule has 104 valence electrons. The van der Waals surface area contributed by atoms with Crippen LogP contribution in [-0.2, 0) is 11.3 Å². The highest BCUT2D eigenvalue weighted by atomic mass is 16.5. The Bertz CT molecular complexity index is 593. The highest BCUT2D eigenvalue weighted by Crippen LogP contribution is 2.07. The van der Waals surface area contributed by atoms with Gasteiger partial charge in [-0.1, -0.05) is 6.07 Å². The molecule has 20 heavy (non-hydrogen) atoms. The Kier molecular flexibility index (Phi) is 4.49. The molecule has 1 N–H and O–H groups in total. The van der Waals surface area contributed by atoms with Crippen molar-refractivity contribution >= 4 is 11.9 Å². The van der Waals surface area contributed by atoms with Gasteiger partial charge in [0.05, 0.1) is 12.1 Å². The summed E-state index contributed by atoms with van der Waals surface area (Å²) in [6.45, 7) is 0.721. The van der Waals surface area contributed by atoms with Gasteiger partial charge in [-0.2, -0.15) is 5.10 Å². The second-order valence-corrected chi connectivity index (χ2v) is 4.06. The van der Waals surface area contributed by atoms with Crippen LogP contribution in [0.1, 0.15) is 20.7 Å². The molecule has 0 spiro atoms. The maximum Gasteiger partial charge on any atom is 0.338 e. The summed E-state index contributed by atoms with van der Waals surface area (Å²) >= 11 is 0. The number of nitrogens with one attached hydrogen (secondary N) is 1. The monoisotopic (exact) mass is 273 g/mol. The lowest BCUT2D eigenvalue weighted by atomic mass is 10.1. The highest BCUT2D eigenvalue weighted by molar-refractivity contribution is 5.97. The number of carbonyl (C=O) groups is 2. The van der Waals surface area contributed by atoms with Crippen molar-refractivity contribution in [3.63, 3.8) is 0 Å². The topological polar surface area (TPSA) is 73.2 Å². The third-order valence-corrected chi connectivity index (χ3v) is 2.70. The van der Waals surface area contributed by atoms with Gasteiger partial charge in [0.25, 0.3) is 5.91 Å². The standard InChI is InChI=1S/C14H15N3O3/c1-15-13(18)11-4-2-5-12(10-11)14(19)20-9-8-17-7-3-6-16-17/h2-7,10H,8-9H2,1H3,(H,15,18). The van der Waals surface area contributed by atoms with Crippen LogP contribution in [0.25, 0.3) is 0 Å². The molecule has 0 bridgehead atoms. The Hall–Kier alpha value is -2.63. The molecule has 0 radical (unpaired) electrons. The van der Waals surface area contributed by atoms with Crippen LogP contribution in [0, 0.1) is 0 Å². The van der Waals surface area contributed by atoms with Gasteiger partial charge in [-0.3, -0.25) is 9.48 Å². The molecule has 0 aliphatic heterocycles. The van der Waals surface area contributed by atoms with E-state index in [-0.39, 0.29) is 12.5 Å². The molecule has 0 fully saturated rings. The van der Waals surface area contributed by atoms with Gasteiger partial charge in [0.1, 0.15) is 6.61 Å². The predicted octanol–water partition coefficient (Wildman–Crippen LogP) is 1.10. The molecule has 0 aliphatic rings. The van der Waals surface area contributed by atoms with Crippen LogP contribution in [0.4, 0.5) is 0 Å². The Morgan fingerprint density at radius 1 is 1.30 bits per heavy atom. The Balaban J connectivity index is 1.93. The third kappa shape index (κ3) is 3.44. The number of ether oxygens (including phenoxy) is 1. The Morgan fingerprint density at radius 2 is 2.10 bits per heavy atom. The molecule has 1 amide bonds. The number of rotatable bonds is 5. The number of esters is 1. The molecule has 0 aliphatic carbocycles. The molecule has 0 unspecified atom stereocenters. The van der Waals surface area contributed by atoms with Crippen molar-refractivity contribution in [1.82, 2.24) is 15.1 Å². The quantitative estimate of drug-likeness (QED) is 0.828. The van der Waals surface area contributed by atoms with Gasteiger partial charge in [-0.05, 0) is 24.3 Å².